The van der Waals surface area contributed by atoms with Crippen LogP contribution in [-0.4, -0.2) is 30.5 Å². The molecule has 0 bridgehead atoms. The van der Waals surface area contributed by atoms with Gasteiger partial charge in [0.1, 0.15) is 0 Å². The summed E-state index contributed by atoms with van der Waals surface area (Å²) in [6.07, 6.45) is 4.03. The van der Waals surface area contributed by atoms with Crippen molar-refractivity contribution in [3.05, 3.63) is 30.1 Å². The van der Waals surface area contributed by atoms with Gasteiger partial charge in [-0.05, 0) is 18.1 Å². The third-order valence-electron chi connectivity index (χ3n) is 1.79. The maximum absolute atomic E-state index is 11.0. The van der Waals surface area contributed by atoms with Crippen molar-refractivity contribution >= 4 is 11.9 Å². The van der Waals surface area contributed by atoms with E-state index in [1.165, 1.54) is 7.11 Å². The molecule has 0 spiro atoms. The van der Waals surface area contributed by atoms with Gasteiger partial charge in [0.25, 0.3) is 0 Å². The Bertz CT molecular complexity index is 338. The van der Waals surface area contributed by atoms with Crippen LogP contribution in [0.2, 0.25) is 0 Å². The number of rotatable bonds is 3. The smallest absolute Gasteiger partial charge is 0.396 e. The van der Waals surface area contributed by atoms with E-state index in [9.17, 15) is 9.59 Å². The number of amides is 1. The number of hydrogen-bond acceptors (Lipinski definition) is 4. The summed E-state index contributed by atoms with van der Waals surface area (Å²) >= 11 is 0. The maximum Gasteiger partial charge on any atom is 0.396 e. The van der Waals surface area contributed by atoms with Crippen molar-refractivity contribution in [2.24, 2.45) is 0 Å². The molecular formula is C10H12N2O3. The zero-order valence-electron chi connectivity index (χ0n) is 8.40. The molecule has 0 aromatic carbocycles. The molecule has 0 saturated carbocycles. The molecule has 80 valence electrons. The Hall–Kier alpha value is -1.91. The first-order valence-electron chi connectivity index (χ1n) is 4.49. The summed E-state index contributed by atoms with van der Waals surface area (Å²) in [6, 6.07) is 3.72. The van der Waals surface area contributed by atoms with E-state index in [1.54, 1.807) is 12.4 Å². The van der Waals surface area contributed by atoms with Crippen molar-refractivity contribution in [3.8, 4) is 0 Å². The molecular weight excluding hydrogens is 196 g/mol. The Kier molecular flexibility index (Phi) is 4.28. The minimum absolute atomic E-state index is 0.389. The van der Waals surface area contributed by atoms with Gasteiger partial charge in [-0.3, -0.25) is 9.78 Å². The molecule has 1 aromatic rings. The van der Waals surface area contributed by atoms with Crippen LogP contribution < -0.4 is 5.32 Å². The van der Waals surface area contributed by atoms with Gasteiger partial charge in [0, 0.05) is 18.9 Å². The average molecular weight is 208 g/mol. The van der Waals surface area contributed by atoms with Crippen LogP contribution in [0.5, 0.6) is 0 Å². The molecule has 5 heteroatoms. The van der Waals surface area contributed by atoms with Gasteiger partial charge in [0.2, 0.25) is 0 Å². The third kappa shape index (κ3) is 3.76. The summed E-state index contributed by atoms with van der Waals surface area (Å²) in [5, 5.41) is 2.44. The van der Waals surface area contributed by atoms with E-state index in [0.29, 0.717) is 13.0 Å². The van der Waals surface area contributed by atoms with Crippen LogP contribution >= 0.6 is 0 Å². The Morgan fingerprint density at radius 1 is 1.53 bits per heavy atom. The number of methoxy groups -OCH3 is 1. The van der Waals surface area contributed by atoms with Crippen LogP contribution in [0.15, 0.2) is 24.5 Å². The zero-order valence-corrected chi connectivity index (χ0v) is 8.40. The van der Waals surface area contributed by atoms with Crippen molar-refractivity contribution < 1.29 is 14.3 Å². The Morgan fingerprint density at radius 3 is 2.93 bits per heavy atom. The van der Waals surface area contributed by atoms with Crippen molar-refractivity contribution in [1.29, 1.82) is 0 Å². The summed E-state index contributed by atoms with van der Waals surface area (Å²) < 4.78 is 4.25. The first-order chi connectivity index (χ1) is 7.24. The molecule has 1 N–H and O–H groups in total. The fraction of sp³-hybridized carbons (Fsp3) is 0.300. The molecule has 0 aliphatic carbocycles. The second-order valence-corrected chi connectivity index (χ2v) is 2.86. The maximum atomic E-state index is 11.0. The lowest BCUT2D eigenvalue weighted by molar-refractivity contribution is -0.152. The highest BCUT2D eigenvalue weighted by atomic mass is 16.5. The van der Waals surface area contributed by atoms with E-state index in [2.05, 4.69) is 15.0 Å². The van der Waals surface area contributed by atoms with Gasteiger partial charge in [-0.2, -0.15) is 0 Å². The summed E-state index contributed by atoms with van der Waals surface area (Å²) in [6.45, 7) is 0.389. The number of hydrogen-bond donors (Lipinski definition) is 1. The molecule has 0 atom stereocenters. The molecule has 0 fully saturated rings. The van der Waals surface area contributed by atoms with Gasteiger partial charge in [0.15, 0.2) is 0 Å². The predicted octanol–water partition coefficient (Wildman–Crippen LogP) is -0.0867. The Morgan fingerprint density at radius 2 is 2.33 bits per heavy atom. The van der Waals surface area contributed by atoms with Crippen LogP contribution in [-0.2, 0) is 20.7 Å². The van der Waals surface area contributed by atoms with Crippen molar-refractivity contribution in [2.45, 2.75) is 6.42 Å². The SMILES string of the molecule is COC(=O)C(=O)NCCc1cccnc1. The van der Waals surface area contributed by atoms with E-state index in [4.69, 9.17) is 0 Å². The lowest BCUT2D eigenvalue weighted by atomic mass is 10.2. The number of pyridine rings is 1. The predicted molar refractivity (Wildman–Crippen MR) is 53.0 cm³/mol. The highest BCUT2D eigenvalue weighted by Crippen LogP contribution is 1.95. The summed E-state index contributed by atoms with van der Waals surface area (Å²) in [5.41, 5.74) is 1.00. The van der Waals surface area contributed by atoms with E-state index in [-0.39, 0.29) is 0 Å². The minimum Gasteiger partial charge on any atom is -0.462 e. The van der Waals surface area contributed by atoms with Gasteiger partial charge in [-0.15, -0.1) is 0 Å². The van der Waals surface area contributed by atoms with E-state index < -0.39 is 11.9 Å². The normalized spacial score (nSPS) is 9.40. The van der Waals surface area contributed by atoms with Gasteiger partial charge in [-0.25, -0.2) is 4.79 Å². The minimum atomic E-state index is -0.874. The fourth-order valence-corrected chi connectivity index (χ4v) is 1.03. The molecule has 1 rings (SSSR count). The molecule has 15 heavy (non-hydrogen) atoms. The quantitative estimate of drug-likeness (QED) is 0.557. The first kappa shape index (κ1) is 11.2. The molecule has 0 saturated heterocycles. The Balaban J connectivity index is 2.28. The molecule has 0 aliphatic heterocycles. The third-order valence-corrected chi connectivity index (χ3v) is 1.79. The van der Waals surface area contributed by atoms with Crippen LogP contribution in [0.1, 0.15) is 5.56 Å². The molecule has 1 heterocycles. The number of carbonyl (C=O) groups excluding carboxylic acids is 2. The van der Waals surface area contributed by atoms with Crippen LogP contribution in [0.3, 0.4) is 0 Å². The van der Waals surface area contributed by atoms with Crippen LogP contribution in [0, 0.1) is 0 Å². The molecule has 0 radical (unpaired) electrons. The van der Waals surface area contributed by atoms with Gasteiger partial charge < -0.3 is 10.1 Å². The Labute approximate surface area is 87.5 Å². The number of aromatic nitrogens is 1. The van der Waals surface area contributed by atoms with Gasteiger partial charge >= 0.3 is 11.9 Å². The summed E-state index contributed by atoms with van der Waals surface area (Å²) in [4.78, 5) is 25.6. The summed E-state index contributed by atoms with van der Waals surface area (Å²) in [7, 11) is 1.17. The van der Waals surface area contributed by atoms with Gasteiger partial charge in [-0.1, -0.05) is 6.07 Å². The zero-order chi connectivity index (χ0) is 11.1. The number of ether oxygens (including phenoxy) is 1. The monoisotopic (exact) mass is 208 g/mol. The summed E-state index contributed by atoms with van der Waals surface area (Å²) in [5.74, 6) is -1.59. The standard InChI is InChI=1S/C10H12N2O3/c1-15-10(14)9(13)12-6-4-8-3-2-5-11-7-8/h2-3,5,7H,4,6H2,1H3,(H,12,13). The van der Waals surface area contributed by atoms with Crippen molar-refractivity contribution in [3.63, 3.8) is 0 Å². The number of nitrogens with zero attached hydrogens (tertiary/aromatic N) is 1. The van der Waals surface area contributed by atoms with Gasteiger partial charge in [0.05, 0.1) is 7.11 Å². The lowest BCUT2D eigenvalue weighted by Gasteiger charge is -2.02. The second-order valence-electron chi connectivity index (χ2n) is 2.86. The van der Waals surface area contributed by atoms with Crippen molar-refractivity contribution in [1.82, 2.24) is 10.3 Å². The van der Waals surface area contributed by atoms with E-state index >= 15 is 0 Å². The second kappa shape index (κ2) is 5.74. The largest absolute Gasteiger partial charge is 0.462 e. The number of nitrogens with one attached hydrogen (secondary N) is 1. The van der Waals surface area contributed by atoms with E-state index in [0.717, 1.165) is 5.56 Å². The van der Waals surface area contributed by atoms with Crippen molar-refractivity contribution in [2.75, 3.05) is 13.7 Å². The molecule has 5 nitrogen and oxygen atoms in total. The topological polar surface area (TPSA) is 68.3 Å². The molecule has 0 aliphatic rings. The average Bonchev–Trinajstić information content (AvgIpc) is 2.29. The fourth-order valence-electron chi connectivity index (χ4n) is 1.03. The first-order valence-corrected chi connectivity index (χ1v) is 4.49. The number of carbonyl (C=O) groups is 2. The highest BCUT2D eigenvalue weighted by molar-refractivity contribution is 6.32. The van der Waals surface area contributed by atoms with Crippen LogP contribution in [0.25, 0.3) is 0 Å². The number of esters is 1. The molecule has 1 amide bonds. The van der Waals surface area contributed by atoms with Crippen LogP contribution in [0.4, 0.5) is 0 Å². The highest BCUT2D eigenvalue weighted by Gasteiger charge is 2.11. The lowest BCUT2D eigenvalue weighted by Crippen LogP contribution is -2.33. The molecule has 1 aromatic heterocycles. The van der Waals surface area contributed by atoms with E-state index in [1.807, 2.05) is 12.1 Å². The molecule has 0 unspecified atom stereocenters.